The second-order valence-electron chi connectivity index (χ2n) is 7.79. The zero-order valence-corrected chi connectivity index (χ0v) is 19.4. The van der Waals surface area contributed by atoms with Crippen LogP contribution in [0.15, 0.2) is 107 Å². The van der Waals surface area contributed by atoms with E-state index in [-0.39, 0.29) is 5.91 Å². The second-order valence-corrected chi connectivity index (χ2v) is 8.83. The normalized spacial score (nSPS) is 13.5. The Morgan fingerprint density at radius 2 is 1.41 bits per heavy atom. The predicted octanol–water partition coefficient (Wildman–Crippen LogP) is 5.38. The van der Waals surface area contributed by atoms with E-state index >= 15 is 0 Å². The van der Waals surface area contributed by atoms with Crippen LogP contribution in [0.4, 0.5) is 5.69 Å². The maximum Gasteiger partial charge on any atom is 0.255 e. The second kappa shape index (κ2) is 10.4. The van der Waals surface area contributed by atoms with E-state index in [9.17, 15) is 4.79 Å². The number of ether oxygens (including phenoxy) is 1. The molecule has 3 aromatic carbocycles. The summed E-state index contributed by atoms with van der Waals surface area (Å²) in [6, 6.07) is 27.5. The lowest BCUT2D eigenvalue weighted by molar-refractivity contribution is 0.0743. The average molecular weight is 469 g/mol. The zero-order chi connectivity index (χ0) is 23.2. The Morgan fingerprint density at radius 3 is 2.18 bits per heavy atom. The van der Waals surface area contributed by atoms with Gasteiger partial charge in [-0.3, -0.25) is 4.79 Å². The molecule has 0 spiro atoms. The Morgan fingerprint density at radius 1 is 0.765 bits per heavy atom. The van der Waals surface area contributed by atoms with E-state index in [0.717, 1.165) is 18.0 Å². The number of piperazine rings is 1. The summed E-state index contributed by atoms with van der Waals surface area (Å²) in [7, 11) is 0. The summed E-state index contributed by atoms with van der Waals surface area (Å²) < 4.78 is 5.96. The van der Waals surface area contributed by atoms with Crippen LogP contribution in [0.2, 0.25) is 0 Å². The van der Waals surface area contributed by atoms with Gasteiger partial charge in [0.25, 0.3) is 11.8 Å². The third-order valence-corrected chi connectivity index (χ3v) is 6.65. The topological polar surface area (TPSA) is 58.6 Å². The molecule has 0 unspecified atom stereocenters. The molecule has 1 aromatic heterocycles. The minimum absolute atomic E-state index is 0.0326. The SMILES string of the molecule is O=C(c1ccccc1Sc1nccnc1Oc1ccccc1)N1CCN(c2ccccc2)CC1. The van der Waals surface area contributed by atoms with Crippen LogP contribution in [0, 0.1) is 0 Å². The number of carbonyl (C=O) groups is 1. The molecule has 1 aliphatic heterocycles. The largest absolute Gasteiger partial charge is 0.437 e. The van der Waals surface area contributed by atoms with Crippen LogP contribution in [-0.2, 0) is 0 Å². The highest BCUT2D eigenvalue weighted by Crippen LogP contribution is 2.36. The van der Waals surface area contributed by atoms with Crippen molar-refractivity contribution in [3.63, 3.8) is 0 Å². The highest BCUT2D eigenvalue weighted by Gasteiger charge is 2.24. The number of hydrogen-bond acceptors (Lipinski definition) is 6. The first-order valence-electron chi connectivity index (χ1n) is 11.2. The van der Waals surface area contributed by atoms with E-state index in [1.54, 1.807) is 12.4 Å². The number of hydrogen-bond donors (Lipinski definition) is 0. The smallest absolute Gasteiger partial charge is 0.255 e. The maximum absolute atomic E-state index is 13.5. The van der Waals surface area contributed by atoms with Crippen LogP contribution in [0.3, 0.4) is 0 Å². The molecule has 1 amide bonds. The summed E-state index contributed by atoms with van der Waals surface area (Å²) in [5, 5.41) is 0.612. The Bertz CT molecular complexity index is 1250. The quantitative estimate of drug-likeness (QED) is 0.379. The molecule has 1 fully saturated rings. The van der Waals surface area contributed by atoms with E-state index in [2.05, 4.69) is 27.0 Å². The van der Waals surface area contributed by atoms with Crippen molar-refractivity contribution in [1.82, 2.24) is 14.9 Å². The summed E-state index contributed by atoms with van der Waals surface area (Å²) >= 11 is 1.39. The molecule has 7 heteroatoms. The van der Waals surface area contributed by atoms with Crippen LogP contribution in [-0.4, -0.2) is 47.0 Å². The van der Waals surface area contributed by atoms with Crippen LogP contribution in [0.5, 0.6) is 11.6 Å². The van der Waals surface area contributed by atoms with Gasteiger partial charge in [0.1, 0.15) is 5.75 Å². The number of aromatic nitrogens is 2. The van der Waals surface area contributed by atoms with Crippen molar-refractivity contribution >= 4 is 23.4 Å². The summed E-state index contributed by atoms with van der Waals surface area (Å²) in [4.78, 5) is 27.4. The number of rotatable bonds is 6. The number of benzene rings is 3. The lowest BCUT2D eigenvalue weighted by atomic mass is 10.1. The number of carbonyl (C=O) groups excluding carboxylic acids is 1. The molecular formula is C27H24N4O2S. The molecule has 2 heterocycles. The van der Waals surface area contributed by atoms with Crippen molar-refractivity contribution < 1.29 is 9.53 Å². The number of nitrogens with zero attached hydrogens (tertiary/aromatic N) is 4. The molecule has 4 aromatic rings. The van der Waals surface area contributed by atoms with Gasteiger partial charge in [0.05, 0.1) is 5.56 Å². The molecule has 170 valence electrons. The zero-order valence-electron chi connectivity index (χ0n) is 18.6. The van der Waals surface area contributed by atoms with Gasteiger partial charge in [0, 0.05) is 49.2 Å². The van der Waals surface area contributed by atoms with Crippen molar-refractivity contribution in [2.45, 2.75) is 9.92 Å². The van der Waals surface area contributed by atoms with Crippen molar-refractivity contribution in [3.8, 4) is 11.6 Å². The van der Waals surface area contributed by atoms with Gasteiger partial charge in [-0.1, -0.05) is 60.3 Å². The molecule has 0 bridgehead atoms. The first-order valence-corrected chi connectivity index (χ1v) is 12.0. The van der Waals surface area contributed by atoms with E-state index in [1.165, 1.54) is 17.4 Å². The monoisotopic (exact) mass is 468 g/mol. The molecule has 0 aliphatic carbocycles. The van der Waals surface area contributed by atoms with Crippen molar-refractivity contribution in [2.24, 2.45) is 0 Å². The molecule has 34 heavy (non-hydrogen) atoms. The molecule has 6 nitrogen and oxygen atoms in total. The van der Waals surface area contributed by atoms with Gasteiger partial charge < -0.3 is 14.5 Å². The third-order valence-electron chi connectivity index (χ3n) is 5.60. The molecule has 1 saturated heterocycles. The van der Waals surface area contributed by atoms with Gasteiger partial charge in [-0.2, -0.15) is 0 Å². The molecule has 0 N–H and O–H groups in total. The third kappa shape index (κ3) is 5.05. The Hall–Kier alpha value is -3.84. The van der Waals surface area contributed by atoms with Gasteiger partial charge in [-0.25, -0.2) is 9.97 Å². The Balaban J connectivity index is 1.31. The molecule has 5 rings (SSSR count). The molecule has 0 saturated carbocycles. The fourth-order valence-corrected chi connectivity index (χ4v) is 4.78. The van der Waals surface area contributed by atoms with E-state index < -0.39 is 0 Å². The summed E-state index contributed by atoms with van der Waals surface area (Å²) in [6.45, 7) is 2.98. The highest BCUT2D eigenvalue weighted by molar-refractivity contribution is 7.99. The van der Waals surface area contributed by atoms with Crippen LogP contribution in [0.1, 0.15) is 10.4 Å². The fourth-order valence-electron chi connectivity index (χ4n) is 3.87. The number of para-hydroxylation sites is 2. The predicted molar refractivity (Wildman–Crippen MR) is 134 cm³/mol. The molecular weight excluding hydrogens is 444 g/mol. The first kappa shape index (κ1) is 22.0. The van der Waals surface area contributed by atoms with Crippen LogP contribution >= 0.6 is 11.8 Å². The van der Waals surface area contributed by atoms with Crippen LogP contribution < -0.4 is 9.64 Å². The summed E-state index contributed by atoms with van der Waals surface area (Å²) in [6.07, 6.45) is 3.24. The van der Waals surface area contributed by atoms with Gasteiger partial charge in [0.15, 0.2) is 5.03 Å². The average Bonchev–Trinajstić information content (AvgIpc) is 2.91. The van der Waals surface area contributed by atoms with Gasteiger partial charge in [0.2, 0.25) is 0 Å². The van der Waals surface area contributed by atoms with Crippen LogP contribution in [0.25, 0.3) is 0 Å². The number of amides is 1. The maximum atomic E-state index is 13.5. The molecule has 0 atom stereocenters. The lowest BCUT2D eigenvalue weighted by Gasteiger charge is -2.36. The van der Waals surface area contributed by atoms with E-state index in [4.69, 9.17) is 4.74 Å². The van der Waals surface area contributed by atoms with E-state index in [0.29, 0.717) is 35.3 Å². The van der Waals surface area contributed by atoms with E-state index in [1.807, 2.05) is 77.7 Å². The summed E-state index contributed by atoms with van der Waals surface area (Å²) in [5.41, 5.74) is 1.86. The lowest BCUT2D eigenvalue weighted by Crippen LogP contribution is -2.48. The van der Waals surface area contributed by atoms with Gasteiger partial charge >= 0.3 is 0 Å². The summed E-state index contributed by atoms with van der Waals surface area (Å²) in [5.74, 6) is 1.13. The van der Waals surface area contributed by atoms with Crippen molar-refractivity contribution in [1.29, 1.82) is 0 Å². The van der Waals surface area contributed by atoms with Crippen molar-refractivity contribution in [2.75, 3.05) is 31.1 Å². The molecule has 1 aliphatic rings. The minimum Gasteiger partial charge on any atom is -0.437 e. The number of anilines is 1. The van der Waals surface area contributed by atoms with Gasteiger partial charge in [-0.05, 0) is 36.4 Å². The Kier molecular flexibility index (Phi) is 6.72. The first-order chi connectivity index (χ1) is 16.8. The minimum atomic E-state index is 0.0326. The standard InChI is InChI=1S/C27H24N4O2S/c32-27(31-19-17-30(18-20-31)21-9-3-1-4-10-21)23-13-7-8-14-24(23)34-26-25(28-15-16-29-26)33-22-11-5-2-6-12-22/h1-16H,17-20H2. The van der Waals surface area contributed by atoms with Gasteiger partial charge in [-0.15, -0.1) is 0 Å². The molecule has 0 radical (unpaired) electrons. The fraction of sp³-hybridized carbons (Fsp3) is 0.148. The Labute approximate surface area is 203 Å². The van der Waals surface area contributed by atoms with Crippen molar-refractivity contribution in [3.05, 3.63) is 103 Å². The highest BCUT2D eigenvalue weighted by atomic mass is 32.2.